The zero-order valence-corrected chi connectivity index (χ0v) is 12.6. The Kier molecular flexibility index (Phi) is 10.7. The van der Waals surface area contributed by atoms with E-state index in [-0.39, 0.29) is 0 Å². The molecule has 1 fully saturated rings. The number of piperidine rings is 1. The van der Waals surface area contributed by atoms with Crippen LogP contribution in [-0.2, 0) is 0 Å². The summed E-state index contributed by atoms with van der Waals surface area (Å²) in [6, 6.07) is 0. The molecule has 0 amide bonds. The van der Waals surface area contributed by atoms with Crippen LogP contribution < -0.4 is 5.32 Å². The second-order valence-electron chi connectivity index (χ2n) is 5.94. The monoisotopic (exact) mass is 252 g/mol. The third-order valence-electron chi connectivity index (χ3n) is 4.19. The van der Waals surface area contributed by atoms with E-state index >= 15 is 0 Å². The number of nitrogens with one attached hydrogen (secondary N) is 1. The van der Waals surface area contributed by atoms with Crippen molar-refractivity contribution in [1.29, 1.82) is 0 Å². The highest BCUT2D eigenvalue weighted by molar-refractivity contribution is 4.80. The van der Waals surface area contributed by atoms with Gasteiger partial charge in [-0.25, -0.2) is 0 Å². The van der Waals surface area contributed by atoms with Crippen molar-refractivity contribution >= 4 is 0 Å². The molecule has 0 unspecified atom stereocenters. The molecule has 1 heteroatoms. The molecule has 0 bridgehead atoms. The van der Waals surface area contributed by atoms with Crippen LogP contribution in [0.25, 0.3) is 0 Å². The lowest BCUT2D eigenvalue weighted by Crippen LogP contribution is -2.27. The topological polar surface area (TPSA) is 12.0 Å². The molecular weight excluding hydrogens is 218 g/mol. The molecule has 1 rings (SSSR count). The fourth-order valence-corrected chi connectivity index (χ4v) is 2.89. The zero-order chi connectivity index (χ0) is 12.9. The molecule has 0 saturated carbocycles. The van der Waals surface area contributed by atoms with Crippen LogP contribution in [0.4, 0.5) is 0 Å². The van der Waals surface area contributed by atoms with Gasteiger partial charge in [-0.2, -0.15) is 0 Å². The quantitative estimate of drug-likeness (QED) is 0.504. The Labute approximate surface area is 115 Å². The molecule has 1 saturated heterocycles. The molecule has 0 aromatic rings. The number of hydrogen-bond donors (Lipinski definition) is 1. The molecule has 1 aliphatic heterocycles. The maximum absolute atomic E-state index is 3.43. The van der Waals surface area contributed by atoms with Crippen molar-refractivity contribution < 1.29 is 0 Å². The van der Waals surface area contributed by atoms with Crippen molar-refractivity contribution in [3.8, 4) is 0 Å². The van der Waals surface area contributed by atoms with Gasteiger partial charge < -0.3 is 5.32 Å². The molecule has 1 aliphatic rings. The second-order valence-corrected chi connectivity index (χ2v) is 5.94. The fourth-order valence-electron chi connectivity index (χ4n) is 2.89. The van der Waals surface area contributed by atoms with Gasteiger partial charge in [-0.15, -0.1) is 0 Å². The first-order valence-corrected chi connectivity index (χ1v) is 8.47. The van der Waals surface area contributed by atoms with E-state index < -0.39 is 0 Å². The first kappa shape index (κ1) is 16.0. The van der Waals surface area contributed by atoms with Gasteiger partial charge in [0.15, 0.2) is 0 Å². The van der Waals surface area contributed by atoms with Gasteiger partial charge in [0.05, 0.1) is 0 Å². The van der Waals surface area contributed by atoms with E-state index in [2.05, 4.69) is 18.7 Å². The average Bonchev–Trinajstić information content (AvgIpc) is 2.42. The standard InChI is InChI=1S/C17H34N/c1-2-3-4-5-6-7-8-9-10-11-12-17-13-15-18-16-14-17/h12,17-18H,2-11,13-16H2,1H3. The second kappa shape index (κ2) is 12.0. The van der Waals surface area contributed by atoms with Crippen molar-refractivity contribution in [2.24, 2.45) is 5.92 Å². The summed E-state index contributed by atoms with van der Waals surface area (Å²) in [6.45, 7) is 4.76. The summed E-state index contributed by atoms with van der Waals surface area (Å²) in [7, 11) is 0. The molecule has 0 spiro atoms. The molecule has 0 aliphatic carbocycles. The lowest BCUT2D eigenvalue weighted by atomic mass is 9.92. The first-order valence-electron chi connectivity index (χ1n) is 8.47. The maximum atomic E-state index is 3.43. The molecule has 1 N–H and O–H groups in total. The van der Waals surface area contributed by atoms with Crippen molar-refractivity contribution in [1.82, 2.24) is 5.32 Å². The highest BCUT2D eigenvalue weighted by Gasteiger charge is 2.11. The Bertz CT molecular complexity index is 161. The molecule has 1 radical (unpaired) electrons. The maximum Gasteiger partial charge on any atom is -0.00462 e. The van der Waals surface area contributed by atoms with E-state index in [0.29, 0.717) is 0 Å². The Morgan fingerprint density at radius 1 is 0.833 bits per heavy atom. The smallest absolute Gasteiger partial charge is 0.00462 e. The van der Waals surface area contributed by atoms with Gasteiger partial charge in [-0.05, 0) is 44.7 Å². The van der Waals surface area contributed by atoms with E-state index in [1.54, 1.807) is 0 Å². The summed E-state index contributed by atoms with van der Waals surface area (Å²) in [5.74, 6) is 0.917. The van der Waals surface area contributed by atoms with Gasteiger partial charge in [-0.1, -0.05) is 64.7 Å². The number of rotatable bonds is 11. The Morgan fingerprint density at radius 2 is 1.39 bits per heavy atom. The first-order chi connectivity index (χ1) is 8.93. The van der Waals surface area contributed by atoms with E-state index in [9.17, 15) is 0 Å². The normalized spacial score (nSPS) is 17.2. The lowest BCUT2D eigenvalue weighted by molar-refractivity contribution is 0.403. The van der Waals surface area contributed by atoms with Gasteiger partial charge >= 0.3 is 0 Å². The van der Waals surface area contributed by atoms with E-state index in [4.69, 9.17) is 0 Å². The van der Waals surface area contributed by atoms with E-state index in [1.165, 1.54) is 90.1 Å². The Hall–Kier alpha value is -0.0400. The van der Waals surface area contributed by atoms with Crippen LogP contribution in [0.5, 0.6) is 0 Å². The van der Waals surface area contributed by atoms with Crippen LogP contribution in [0.3, 0.4) is 0 Å². The molecule has 1 heterocycles. The largest absolute Gasteiger partial charge is 0.317 e. The van der Waals surface area contributed by atoms with Crippen molar-refractivity contribution in [3.63, 3.8) is 0 Å². The van der Waals surface area contributed by atoms with Crippen LogP contribution >= 0.6 is 0 Å². The van der Waals surface area contributed by atoms with Crippen LogP contribution in [0.2, 0.25) is 0 Å². The minimum atomic E-state index is 0.917. The highest BCUT2D eigenvalue weighted by Crippen LogP contribution is 2.19. The van der Waals surface area contributed by atoms with Crippen molar-refractivity contribution in [2.45, 2.75) is 84.0 Å². The predicted octanol–water partition coefficient (Wildman–Crippen LogP) is 5.11. The third-order valence-corrected chi connectivity index (χ3v) is 4.19. The van der Waals surface area contributed by atoms with Crippen LogP contribution in [0.1, 0.15) is 84.0 Å². The number of hydrogen-bond acceptors (Lipinski definition) is 1. The van der Waals surface area contributed by atoms with Crippen LogP contribution in [0.15, 0.2) is 0 Å². The van der Waals surface area contributed by atoms with Gasteiger partial charge in [0.2, 0.25) is 0 Å². The molecule has 0 aromatic carbocycles. The summed E-state index contributed by atoms with van der Waals surface area (Å²) in [6.07, 6.45) is 19.7. The Balaban J connectivity index is 1.73. The minimum absolute atomic E-state index is 0.917. The lowest BCUT2D eigenvalue weighted by Gasteiger charge is -2.22. The summed E-state index contributed by atoms with van der Waals surface area (Å²) >= 11 is 0. The van der Waals surface area contributed by atoms with Crippen molar-refractivity contribution in [2.75, 3.05) is 13.1 Å². The molecule has 0 atom stereocenters. The molecular formula is C17H34N. The highest BCUT2D eigenvalue weighted by atomic mass is 14.9. The van der Waals surface area contributed by atoms with Gasteiger partial charge in [0, 0.05) is 0 Å². The fraction of sp³-hybridized carbons (Fsp3) is 0.941. The molecule has 18 heavy (non-hydrogen) atoms. The number of unbranched alkanes of at least 4 members (excludes halogenated alkanes) is 9. The molecule has 0 aromatic heterocycles. The van der Waals surface area contributed by atoms with Gasteiger partial charge in [0.1, 0.15) is 0 Å². The van der Waals surface area contributed by atoms with E-state index in [0.717, 1.165) is 5.92 Å². The predicted molar refractivity (Wildman–Crippen MR) is 81.7 cm³/mol. The van der Waals surface area contributed by atoms with Gasteiger partial charge in [-0.3, -0.25) is 0 Å². The molecule has 1 nitrogen and oxygen atoms in total. The minimum Gasteiger partial charge on any atom is -0.317 e. The summed E-state index contributed by atoms with van der Waals surface area (Å²) in [4.78, 5) is 0. The van der Waals surface area contributed by atoms with Crippen LogP contribution in [0, 0.1) is 12.3 Å². The summed E-state index contributed by atoms with van der Waals surface area (Å²) in [5, 5.41) is 3.43. The average molecular weight is 252 g/mol. The Morgan fingerprint density at radius 3 is 2.00 bits per heavy atom. The SMILES string of the molecule is CCCCCCCCCCC[CH]C1CCNCC1. The zero-order valence-electron chi connectivity index (χ0n) is 12.6. The van der Waals surface area contributed by atoms with E-state index in [1.807, 2.05) is 0 Å². The molecule has 107 valence electrons. The van der Waals surface area contributed by atoms with Gasteiger partial charge in [0.25, 0.3) is 0 Å². The summed E-state index contributed by atoms with van der Waals surface area (Å²) in [5.41, 5.74) is 0. The summed E-state index contributed by atoms with van der Waals surface area (Å²) < 4.78 is 0. The third kappa shape index (κ3) is 8.97. The van der Waals surface area contributed by atoms with Crippen molar-refractivity contribution in [3.05, 3.63) is 6.42 Å². The van der Waals surface area contributed by atoms with Crippen LogP contribution in [-0.4, -0.2) is 13.1 Å².